The molecule has 0 amide bonds. The van der Waals surface area contributed by atoms with Gasteiger partial charge in [-0.2, -0.15) is 0 Å². The van der Waals surface area contributed by atoms with Crippen molar-refractivity contribution in [1.29, 1.82) is 0 Å². The number of fused-ring (bicyclic) bond motifs is 1. The molecule has 0 aliphatic rings. The van der Waals surface area contributed by atoms with E-state index in [1.54, 1.807) is 12.1 Å². The molecule has 3 rings (SSSR count). The highest BCUT2D eigenvalue weighted by Gasteiger charge is 2.14. The molecule has 0 bridgehead atoms. The number of aromatic nitrogens is 2. The van der Waals surface area contributed by atoms with E-state index in [0.29, 0.717) is 17.9 Å². The minimum Gasteiger partial charge on any atom is -0.342 e. The second-order valence-electron chi connectivity index (χ2n) is 5.59. The summed E-state index contributed by atoms with van der Waals surface area (Å²) in [6.07, 6.45) is 0.513. The lowest BCUT2D eigenvalue weighted by Crippen LogP contribution is -2.26. The fraction of sp³-hybridized carbons (Fsp3) is 0.235. The van der Waals surface area contributed by atoms with Gasteiger partial charge in [0.25, 0.3) is 0 Å². The largest absolute Gasteiger partial charge is 0.342 e. The minimum atomic E-state index is -3.49. The second kappa shape index (κ2) is 6.14. The highest BCUT2D eigenvalue weighted by atomic mass is 32.2. The summed E-state index contributed by atoms with van der Waals surface area (Å²) in [6, 6.07) is 12.9. The van der Waals surface area contributed by atoms with Crippen LogP contribution in [0.25, 0.3) is 11.0 Å². The lowest BCUT2D eigenvalue weighted by Gasteiger charge is -2.08. The van der Waals surface area contributed by atoms with Crippen molar-refractivity contribution in [2.24, 2.45) is 0 Å². The van der Waals surface area contributed by atoms with E-state index in [9.17, 15) is 8.42 Å². The van der Waals surface area contributed by atoms with Gasteiger partial charge >= 0.3 is 0 Å². The van der Waals surface area contributed by atoms with Crippen molar-refractivity contribution >= 4 is 21.1 Å². The van der Waals surface area contributed by atoms with Crippen LogP contribution in [0.1, 0.15) is 17.0 Å². The number of aryl methyl sites for hydroxylation is 2. The number of para-hydroxylation sites is 2. The van der Waals surface area contributed by atoms with Gasteiger partial charge in [0.05, 0.1) is 15.9 Å². The van der Waals surface area contributed by atoms with Crippen LogP contribution in [0.2, 0.25) is 0 Å². The molecule has 0 aliphatic carbocycles. The topological polar surface area (TPSA) is 74.8 Å². The molecule has 1 aromatic heterocycles. The Morgan fingerprint density at radius 1 is 1.09 bits per heavy atom. The summed E-state index contributed by atoms with van der Waals surface area (Å²) in [4.78, 5) is 7.93. The molecule has 2 N–H and O–H groups in total. The van der Waals surface area contributed by atoms with Gasteiger partial charge in [-0.3, -0.25) is 0 Å². The maximum Gasteiger partial charge on any atom is 0.240 e. The van der Waals surface area contributed by atoms with Gasteiger partial charge < -0.3 is 4.98 Å². The normalized spacial score (nSPS) is 11.9. The summed E-state index contributed by atoms with van der Waals surface area (Å²) >= 11 is 0. The molecule has 0 saturated heterocycles. The molecule has 0 fully saturated rings. The van der Waals surface area contributed by atoms with Crippen molar-refractivity contribution in [2.45, 2.75) is 25.2 Å². The zero-order chi connectivity index (χ0) is 16.4. The van der Waals surface area contributed by atoms with Crippen LogP contribution < -0.4 is 4.72 Å². The van der Waals surface area contributed by atoms with Gasteiger partial charge in [0, 0.05) is 13.0 Å². The number of nitrogens with zero attached hydrogens (tertiary/aromatic N) is 1. The predicted molar refractivity (Wildman–Crippen MR) is 90.9 cm³/mol. The fourth-order valence-corrected chi connectivity index (χ4v) is 3.51. The maximum absolute atomic E-state index is 12.3. The molecule has 0 unspecified atom stereocenters. The van der Waals surface area contributed by atoms with Crippen LogP contribution in [0.3, 0.4) is 0 Å². The first-order valence-corrected chi connectivity index (χ1v) is 8.94. The third-order valence-corrected chi connectivity index (χ3v) is 5.34. The Morgan fingerprint density at radius 2 is 1.87 bits per heavy atom. The predicted octanol–water partition coefficient (Wildman–Crippen LogP) is 2.70. The molecule has 0 saturated carbocycles. The average Bonchev–Trinajstić information content (AvgIpc) is 2.92. The molecular formula is C17H19N3O2S. The van der Waals surface area contributed by atoms with Crippen LogP contribution >= 0.6 is 0 Å². The zero-order valence-corrected chi connectivity index (χ0v) is 13.9. The number of hydrogen-bond acceptors (Lipinski definition) is 3. The van der Waals surface area contributed by atoms with Gasteiger partial charge in [-0.05, 0) is 49.2 Å². The van der Waals surface area contributed by atoms with Crippen LogP contribution in [0.4, 0.5) is 0 Å². The molecule has 6 heteroatoms. The standard InChI is InChI=1S/C17H19N3O2S/c1-12-7-8-14(11-13(12)2)23(21,22)18-10-9-17-19-15-5-3-4-6-16(15)20-17/h3-8,11,18H,9-10H2,1-2H3,(H,19,20). The van der Waals surface area contributed by atoms with E-state index in [1.807, 2.05) is 44.2 Å². The Kier molecular flexibility index (Phi) is 4.19. The first kappa shape index (κ1) is 15.7. The highest BCUT2D eigenvalue weighted by Crippen LogP contribution is 2.15. The molecule has 23 heavy (non-hydrogen) atoms. The number of nitrogens with one attached hydrogen (secondary N) is 2. The summed E-state index contributed by atoms with van der Waals surface area (Å²) in [5.41, 5.74) is 3.88. The van der Waals surface area contributed by atoms with E-state index in [2.05, 4.69) is 14.7 Å². The third-order valence-electron chi connectivity index (χ3n) is 3.88. The smallest absolute Gasteiger partial charge is 0.240 e. The van der Waals surface area contributed by atoms with Crippen molar-refractivity contribution in [3.05, 3.63) is 59.4 Å². The summed E-state index contributed by atoms with van der Waals surface area (Å²) in [6.45, 7) is 4.17. The van der Waals surface area contributed by atoms with E-state index >= 15 is 0 Å². The third kappa shape index (κ3) is 3.43. The molecule has 0 atom stereocenters. The second-order valence-corrected chi connectivity index (χ2v) is 7.36. The van der Waals surface area contributed by atoms with Crippen LogP contribution in [-0.4, -0.2) is 24.9 Å². The summed E-state index contributed by atoms with van der Waals surface area (Å²) in [5, 5.41) is 0. The lowest BCUT2D eigenvalue weighted by molar-refractivity contribution is 0.581. The first-order chi connectivity index (χ1) is 11.0. The van der Waals surface area contributed by atoms with E-state index in [-0.39, 0.29) is 0 Å². The van der Waals surface area contributed by atoms with Crippen molar-refractivity contribution in [3.8, 4) is 0 Å². The van der Waals surface area contributed by atoms with E-state index in [0.717, 1.165) is 28.0 Å². The van der Waals surface area contributed by atoms with E-state index in [4.69, 9.17) is 0 Å². The Bertz CT molecular complexity index is 912. The number of hydrogen-bond donors (Lipinski definition) is 2. The van der Waals surface area contributed by atoms with Crippen molar-refractivity contribution < 1.29 is 8.42 Å². The monoisotopic (exact) mass is 329 g/mol. The SMILES string of the molecule is Cc1ccc(S(=O)(=O)NCCc2nc3ccccc3[nH]2)cc1C. The van der Waals surface area contributed by atoms with E-state index in [1.165, 1.54) is 0 Å². The lowest BCUT2D eigenvalue weighted by atomic mass is 10.1. The van der Waals surface area contributed by atoms with Crippen LogP contribution in [0.15, 0.2) is 47.4 Å². The Hall–Kier alpha value is -2.18. The van der Waals surface area contributed by atoms with Gasteiger partial charge in [-0.25, -0.2) is 18.1 Å². The number of H-pyrrole nitrogens is 1. The number of benzene rings is 2. The fourth-order valence-electron chi connectivity index (χ4n) is 2.39. The Labute approximate surface area is 135 Å². The van der Waals surface area contributed by atoms with Crippen molar-refractivity contribution in [1.82, 2.24) is 14.7 Å². The Balaban J connectivity index is 1.68. The molecule has 0 aliphatic heterocycles. The summed E-state index contributed by atoms with van der Waals surface area (Å²) in [5.74, 6) is 0.772. The van der Waals surface area contributed by atoms with Crippen molar-refractivity contribution in [2.75, 3.05) is 6.54 Å². The molecule has 0 spiro atoms. The first-order valence-electron chi connectivity index (χ1n) is 7.46. The maximum atomic E-state index is 12.3. The van der Waals surface area contributed by atoms with Crippen LogP contribution in [-0.2, 0) is 16.4 Å². The summed E-state index contributed by atoms with van der Waals surface area (Å²) in [7, 11) is -3.49. The number of rotatable bonds is 5. The number of imidazole rings is 1. The molecule has 120 valence electrons. The van der Waals surface area contributed by atoms with Gasteiger partial charge in [-0.15, -0.1) is 0 Å². The molecule has 3 aromatic rings. The Morgan fingerprint density at radius 3 is 2.61 bits per heavy atom. The van der Waals surface area contributed by atoms with Crippen molar-refractivity contribution in [3.63, 3.8) is 0 Å². The van der Waals surface area contributed by atoms with Gasteiger partial charge in [0.15, 0.2) is 0 Å². The van der Waals surface area contributed by atoms with Gasteiger partial charge in [0.2, 0.25) is 10.0 Å². The molecule has 2 aromatic carbocycles. The van der Waals surface area contributed by atoms with Crippen LogP contribution in [0, 0.1) is 13.8 Å². The molecule has 5 nitrogen and oxygen atoms in total. The van der Waals surface area contributed by atoms with Crippen LogP contribution in [0.5, 0.6) is 0 Å². The van der Waals surface area contributed by atoms with Gasteiger partial charge in [0.1, 0.15) is 5.82 Å². The highest BCUT2D eigenvalue weighted by molar-refractivity contribution is 7.89. The summed E-state index contributed by atoms with van der Waals surface area (Å²) < 4.78 is 27.3. The van der Waals surface area contributed by atoms with E-state index < -0.39 is 10.0 Å². The van der Waals surface area contributed by atoms with Gasteiger partial charge in [-0.1, -0.05) is 18.2 Å². The molecule has 1 heterocycles. The number of aromatic amines is 1. The molecule has 0 radical (unpaired) electrons. The average molecular weight is 329 g/mol. The zero-order valence-electron chi connectivity index (χ0n) is 13.1. The quantitative estimate of drug-likeness (QED) is 0.756. The minimum absolute atomic E-state index is 0.296. The molecular weight excluding hydrogens is 310 g/mol. The number of sulfonamides is 1.